The average Bonchev–Trinajstić information content (AvgIpc) is 3.46. The Hall–Kier alpha value is -2.48. The molecule has 1 fully saturated rings. The van der Waals surface area contributed by atoms with E-state index in [0.29, 0.717) is 18.2 Å². The van der Waals surface area contributed by atoms with Crippen molar-refractivity contribution in [2.45, 2.75) is 40.3 Å². The number of hydrogen-bond donors (Lipinski definition) is 0. The Morgan fingerprint density at radius 1 is 1.09 bits per heavy atom. The summed E-state index contributed by atoms with van der Waals surface area (Å²) in [5.41, 5.74) is 0.446. The molecule has 0 amide bonds. The highest BCUT2D eigenvalue weighted by atomic mass is 32.1. The van der Waals surface area contributed by atoms with Crippen molar-refractivity contribution < 1.29 is 14.0 Å². The number of nitrogens with zero attached hydrogens (tertiary/aromatic N) is 2. The van der Waals surface area contributed by atoms with Crippen LogP contribution in [0.4, 0.5) is 5.13 Å². The van der Waals surface area contributed by atoms with Gasteiger partial charge in [-0.2, -0.15) is 0 Å². The van der Waals surface area contributed by atoms with Gasteiger partial charge in [-0.3, -0.25) is 0 Å². The number of benzene rings is 2. The molecule has 1 aliphatic heterocycles. The van der Waals surface area contributed by atoms with E-state index in [1.165, 1.54) is 21.7 Å². The molecule has 1 aliphatic rings. The van der Waals surface area contributed by atoms with Gasteiger partial charge in [-0.1, -0.05) is 81.4 Å². The summed E-state index contributed by atoms with van der Waals surface area (Å²) in [5.74, 6) is -0.0280. The lowest BCUT2D eigenvalue weighted by Crippen LogP contribution is -2.52. The van der Waals surface area contributed by atoms with E-state index in [0.717, 1.165) is 18.1 Å². The number of aromatic nitrogens is 1. The number of rotatable bonds is 7. The zero-order valence-corrected chi connectivity index (χ0v) is 21.7. The third-order valence-electron chi connectivity index (χ3n) is 6.15. The van der Waals surface area contributed by atoms with Crippen LogP contribution in [0.15, 0.2) is 66.0 Å². The van der Waals surface area contributed by atoms with Crippen LogP contribution in [0.1, 0.15) is 44.6 Å². The topological polar surface area (TPSA) is 51.7 Å². The van der Waals surface area contributed by atoms with Crippen molar-refractivity contribution in [3.8, 4) is 0 Å². The van der Waals surface area contributed by atoms with Gasteiger partial charge in [0.05, 0.1) is 6.61 Å². The van der Waals surface area contributed by atoms with E-state index >= 15 is 0 Å². The van der Waals surface area contributed by atoms with Crippen LogP contribution in [0, 0.1) is 11.3 Å². The summed E-state index contributed by atoms with van der Waals surface area (Å²) in [6.45, 7) is 9.85. The van der Waals surface area contributed by atoms with E-state index in [-0.39, 0.29) is 17.6 Å². The molecule has 2 heterocycles. The van der Waals surface area contributed by atoms with Crippen LogP contribution in [-0.2, 0) is 9.16 Å². The van der Waals surface area contributed by atoms with Crippen molar-refractivity contribution in [3.63, 3.8) is 0 Å². The zero-order valence-electron chi connectivity index (χ0n) is 19.7. The number of carbonyl (C=O) groups is 1. The van der Waals surface area contributed by atoms with Crippen LogP contribution >= 0.6 is 11.3 Å². The molecule has 1 saturated heterocycles. The summed E-state index contributed by atoms with van der Waals surface area (Å²) in [7, 11) is -1.96. The van der Waals surface area contributed by atoms with Gasteiger partial charge in [0, 0.05) is 17.8 Å². The molecule has 5 nitrogen and oxygen atoms in total. The van der Waals surface area contributed by atoms with E-state index in [4.69, 9.17) is 9.16 Å². The second-order valence-corrected chi connectivity index (χ2v) is 12.6. The third-order valence-corrected chi connectivity index (χ3v) is 9.56. The number of carbonyl (C=O) groups excluding carboxylic acids is 1. The van der Waals surface area contributed by atoms with Gasteiger partial charge in [-0.25, -0.2) is 9.78 Å². The molecule has 7 heteroatoms. The van der Waals surface area contributed by atoms with Gasteiger partial charge >= 0.3 is 5.97 Å². The lowest BCUT2D eigenvalue weighted by molar-refractivity contribution is 0.0520. The van der Waals surface area contributed by atoms with Gasteiger partial charge in [0.25, 0.3) is 0 Å². The van der Waals surface area contributed by atoms with Gasteiger partial charge in [-0.05, 0) is 29.1 Å². The summed E-state index contributed by atoms with van der Waals surface area (Å²) in [6, 6.07) is 21.1. The van der Waals surface area contributed by atoms with Crippen molar-refractivity contribution in [2.24, 2.45) is 11.3 Å². The summed E-state index contributed by atoms with van der Waals surface area (Å²) >= 11 is 1.49. The molecule has 1 unspecified atom stereocenters. The molecule has 1 aromatic heterocycles. The molecule has 0 bridgehead atoms. The number of thiazole rings is 1. The van der Waals surface area contributed by atoms with E-state index in [2.05, 4.69) is 79.2 Å². The normalized spacial score (nSPS) is 18.6. The maximum atomic E-state index is 12.2. The first kappa shape index (κ1) is 23.7. The highest BCUT2D eigenvalue weighted by molar-refractivity contribution is 7.14. The Kier molecular flexibility index (Phi) is 7.31. The largest absolute Gasteiger partial charge is 0.461 e. The zero-order chi connectivity index (χ0) is 23.4. The van der Waals surface area contributed by atoms with Gasteiger partial charge in [0.15, 0.2) is 10.8 Å². The maximum absolute atomic E-state index is 12.2. The van der Waals surface area contributed by atoms with Crippen molar-refractivity contribution in [2.75, 3.05) is 18.1 Å². The minimum absolute atomic E-state index is 0.0764. The lowest BCUT2D eigenvalue weighted by Gasteiger charge is -2.37. The smallest absolute Gasteiger partial charge is 0.357 e. The second kappa shape index (κ2) is 10.2. The molecule has 174 valence electrons. The minimum atomic E-state index is -1.96. The quantitative estimate of drug-likeness (QED) is 0.377. The van der Waals surface area contributed by atoms with Crippen LogP contribution in [0.3, 0.4) is 0 Å². The fourth-order valence-electron chi connectivity index (χ4n) is 4.44. The SMILES string of the molecule is CCOC(=O)c1csc(N2CC[C@H](C(C)(C)C)C2O[SiH](c2ccccc2)c2ccccc2)n1. The van der Waals surface area contributed by atoms with Crippen LogP contribution < -0.4 is 15.3 Å². The molecule has 2 atom stereocenters. The molecule has 0 spiro atoms. The van der Waals surface area contributed by atoms with Gasteiger partial charge < -0.3 is 14.1 Å². The molecule has 0 N–H and O–H groups in total. The standard InChI is InChI=1S/C26H32N2O3SSi/c1-5-30-24(29)22-18-32-25(27-22)28-17-16-21(26(2,3)4)23(28)31-33(19-12-8-6-9-13-19)20-14-10-7-11-15-20/h6-15,18,21,23,33H,5,16-17H2,1-4H3/t21-,23?/m0/s1. The van der Waals surface area contributed by atoms with Gasteiger partial charge in [-0.15, -0.1) is 11.3 Å². The molecule has 0 saturated carbocycles. The molecule has 4 rings (SSSR count). The van der Waals surface area contributed by atoms with E-state index in [1.54, 1.807) is 12.3 Å². The molecule has 0 radical (unpaired) electrons. The first-order valence-corrected chi connectivity index (χ1v) is 14.0. The molecule has 2 aromatic carbocycles. The van der Waals surface area contributed by atoms with Crippen molar-refractivity contribution in [1.82, 2.24) is 4.98 Å². The Balaban J connectivity index is 1.69. The number of esters is 1. The number of anilines is 1. The lowest BCUT2D eigenvalue weighted by atomic mass is 9.79. The summed E-state index contributed by atoms with van der Waals surface area (Å²) in [5, 5.41) is 5.13. The second-order valence-electron chi connectivity index (χ2n) is 9.42. The van der Waals surface area contributed by atoms with E-state index in [9.17, 15) is 4.79 Å². The number of hydrogen-bond acceptors (Lipinski definition) is 6. The van der Waals surface area contributed by atoms with Crippen molar-refractivity contribution in [3.05, 3.63) is 71.7 Å². The Bertz CT molecular complexity index is 1010. The van der Waals surface area contributed by atoms with Crippen LogP contribution in [0.2, 0.25) is 0 Å². The van der Waals surface area contributed by atoms with Gasteiger partial charge in [0.1, 0.15) is 6.23 Å². The molecular weight excluding hydrogens is 448 g/mol. The Morgan fingerprint density at radius 3 is 2.24 bits per heavy atom. The fourth-order valence-corrected chi connectivity index (χ4v) is 7.74. The van der Waals surface area contributed by atoms with Crippen LogP contribution in [0.25, 0.3) is 0 Å². The maximum Gasteiger partial charge on any atom is 0.357 e. The first-order chi connectivity index (χ1) is 15.9. The first-order valence-electron chi connectivity index (χ1n) is 11.5. The molecule has 3 aromatic rings. The molecule has 0 aliphatic carbocycles. The van der Waals surface area contributed by atoms with Crippen molar-refractivity contribution >= 4 is 41.9 Å². The minimum Gasteiger partial charge on any atom is -0.461 e. The van der Waals surface area contributed by atoms with E-state index in [1.807, 2.05) is 12.1 Å². The average molecular weight is 481 g/mol. The Morgan fingerprint density at radius 2 is 1.70 bits per heavy atom. The highest BCUT2D eigenvalue weighted by Gasteiger charge is 2.44. The third kappa shape index (κ3) is 5.37. The predicted molar refractivity (Wildman–Crippen MR) is 137 cm³/mol. The van der Waals surface area contributed by atoms with E-state index < -0.39 is 9.04 Å². The molecule has 33 heavy (non-hydrogen) atoms. The summed E-state index contributed by atoms with van der Waals surface area (Å²) in [4.78, 5) is 19.1. The highest BCUT2D eigenvalue weighted by Crippen LogP contribution is 2.42. The summed E-state index contributed by atoms with van der Waals surface area (Å²) < 4.78 is 12.3. The Labute approximate surface area is 202 Å². The van der Waals surface area contributed by atoms with Gasteiger partial charge in [0.2, 0.25) is 9.04 Å². The van der Waals surface area contributed by atoms with Crippen LogP contribution in [-0.4, -0.2) is 39.4 Å². The number of ether oxygens (including phenoxy) is 1. The van der Waals surface area contributed by atoms with Crippen LogP contribution in [0.5, 0.6) is 0 Å². The summed E-state index contributed by atoms with van der Waals surface area (Å²) in [6.07, 6.45) is 0.913. The van der Waals surface area contributed by atoms with Crippen molar-refractivity contribution in [1.29, 1.82) is 0 Å². The molecular formula is C26H32N2O3SSi. The fraction of sp³-hybridized carbons (Fsp3) is 0.385. The predicted octanol–water partition coefficient (Wildman–Crippen LogP) is 4.07. The monoisotopic (exact) mass is 480 g/mol.